The summed E-state index contributed by atoms with van der Waals surface area (Å²) >= 11 is 0.777. The van der Waals surface area contributed by atoms with E-state index in [1.54, 1.807) is 49.4 Å². The van der Waals surface area contributed by atoms with E-state index in [0.717, 1.165) is 22.2 Å². The highest BCUT2D eigenvalue weighted by Gasteiger charge is 2.36. The number of aryl methyl sites for hydroxylation is 1. The Morgan fingerprint density at radius 2 is 1.75 bits per heavy atom. The van der Waals surface area contributed by atoms with Crippen LogP contribution in [0.1, 0.15) is 18.1 Å². The fourth-order valence-corrected chi connectivity index (χ4v) is 3.61. The number of hydrogen-bond donors (Lipinski definition) is 1. The van der Waals surface area contributed by atoms with Gasteiger partial charge in [-0.3, -0.25) is 19.3 Å². The fourth-order valence-electron chi connectivity index (χ4n) is 2.77. The van der Waals surface area contributed by atoms with Gasteiger partial charge < -0.3 is 14.8 Å². The van der Waals surface area contributed by atoms with Gasteiger partial charge in [0.2, 0.25) is 5.91 Å². The van der Waals surface area contributed by atoms with Gasteiger partial charge >= 0.3 is 5.97 Å². The van der Waals surface area contributed by atoms with Crippen LogP contribution in [0.3, 0.4) is 0 Å². The molecule has 8 nitrogen and oxygen atoms in total. The number of carbonyl (C=O) groups excluding carboxylic acids is 4. The third-order valence-corrected chi connectivity index (χ3v) is 5.26. The molecule has 1 heterocycles. The first-order chi connectivity index (χ1) is 15.4. The van der Waals surface area contributed by atoms with Crippen molar-refractivity contribution in [3.8, 4) is 5.75 Å². The van der Waals surface area contributed by atoms with Crippen LogP contribution in [0.5, 0.6) is 5.75 Å². The lowest BCUT2D eigenvalue weighted by atomic mass is 10.2. The van der Waals surface area contributed by atoms with Gasteiger partial charge in [0.1, 0.15) is 12.3 Å². The molecule has 0 bridgehead atoms. The summed E-state index contributed by atoms with van der Waals surface area (Å²) in [4.78, 5) is 49.6. The SMILES string of the molecule is CCOC(=O)COc1ccc(/C=C2\SC(=O)N(CC(=O)Nc3ccc(C)cc3)C2=O)cc1. The summed E-state index contributed by atoms with van der Waals surface area (Å²) in [6.07, 6.45) is 1.57. The van der Waals surface area contributed by atoms with Crippen molar-refractivity contribution in [2.45, 2.75) is 13.8 Å². The van der Waals surface area contributed by atoms with Crippen molar-refractivity contribution in [2.24, 2.45) is 0 Å². The van der Waals surface area contributed by atoms with E-state index in [4.69, 9.17) is 9.47 Å². The molecule has 1 N–H and O–H groups in total. The lowest BCUT2D eigenvalue weighted by Crippen LogP contribution is -2.36. The number of thioether (sulfide) groups is 1. The Kier molecular flexibility index (Phi) is 7.67. The van der Waals surface area contributed by atoms with Crippen molar-refractivity contribution in [2.75, 3.05) is 25.1 Å². The minimum absolute atomic E-state index is 0.198. The average molecular weight is 455 g/mol. The molecule has 2 aromatic rings. The molecule has 1 fully saturated rings. The smallest absolute Gasteiger partial charge is 0.344 e. The highest BCUT2D eigenvalue weighted by molar-refractivity contribution is 8.18. The van der Waals surface area contributed by atoms with Crippen LogP contribution in [-0.2, 0) is 19.1 Å². The number of esters is 1. The van der Waals surface area contributed by atoms with E-state index in [2.05, 4.69) is 5.32 Å². The highest BCUT2D eigenvalue weighted by atomic mass is 32.2. The topological polar surface area (TPSA) is 102 Å². The number of nitrogens with one attached hydrogen (secondary N) is 1. The Morgan fingerprint density at radius 3 is 2.41 bits per heavy atom. The summed E-state index contributed by atoms with van der Waals surface area (Å²) in [7, 11) is 0. The molecule has 1 aliphatic heterocycles. The first-order valence-electron chi connectivity index (χ1n) is 9.86. The number of amides is 3. The number of hydrogen-bond acceptors (Lipinski definition) is 7. The van der Waals surface area contributed by atoms with Gasteiger partial charge in [0, 0.05) is 5.69 Å². The summed E-state index contributed by atoms with van der Waals surface area (Å²) in [6.45, 7) is 3.37. The highest BCUT2D eigenvalue weighted by Crippen LogP contribution is 2.32. The summed E-state index contributed by atoms with van der Waals surface area (Å²) in [5, 5.41) is 2.17. The lowest BCUT2D eigenvalue weighted by molar-refractivity contribution is -0.145. The molecule has 1 saturated heterocycles. The maximum absolute atomic E-state index is 12.6. The van der Waals surface area contributed by atoms with Crippen molar-refractivity contribution in [1.29, 1.82) is 0 Å². The van der Waals surface area contributed by atoms with Crippen molar-refractivity contribution in [3.63, 3.8) is 0 Å². The Balaban J connectivity index is 1.59. The Bertz CT molecular complexity index is 1050. The molecule has 3 rings (SSSR count). The molecule has 0 saturated carbocycles. The van der Waals surface area contributed by atoms with E-state index in [9.17, 15) is 19.2 Å². The van der Waals surface area contributed by atoms with E-state index in [0.29, 0.717) is 17.0 Å². The Hall–Kier alpha value is -3.59. The van der Waals surface area contributed by atoms with Gasteiger partial charge in [0.05, 0.1) is 11.5 Å². The minimum Gasteiger partial charge on any atom is -0.482 e. The quantitative estimate of drug-likeness (QED) is 0.480. The third kappa shape index (κ3) is 6.21. The van der Waals surface area contributed by atoms with Gasteiger partial charge in [-0.15, -0.1) is 0 Å². The molecule has 166 valence electrons. The predicted molar refractivity (Wildman–Crippen MR) is 121 cm³/mol. The molecule has 2 aromatic carbocycles. The minimum atomic E-state index is -0.526. The number of rotatable bonds is 8. The molecule has 0 atom stereocenters. The maximum Gasteiger partial charge on any atom is 0.344 e. The Labute approximate surface area is 189 Å². The number of benzene rings is 2. The molecular formula is C23H22N2O6S. The number of anilines is 1. The van der Waals surface area contributed by atoms with Crippen LogP contribution in [-0.4, -0.2) is 47.7 Å². The lowest BCUT2D eigenvalue weighted by Gasteiger charge is -2.12. The van der Waals surface area contributed by atoms with Crippen LogP contribution < -0.4 is 10.1 Å². The summed E-state index contributed by atoms with van der Waals surface area (Å²) in [6, 6.07) is 13.9. The standard InChI is InChI=1S/C23H22N2O6S/c1-3-30-21(27)14-31-18-10-6-16(7-11-18)12-19-22(28)25(23(29)32-19)13-20(26)24-17-8-4-15(2)5-9-17/h4-12H,3,13-14H2,1-2H3,(H,24,26)/b19-12-. The molecule has 0 aromatic heterocycles. The van der Waals surface area contributed by atoms with Crippen molar-refractivity contribution >= 4 is 46.5 Å². The van der Waals surface area contributed by atoms with Crippen LogP contribution in [0.15, 0.2) is 53.4 Å². The Morgan fingerprint density at radius 1 is 1.06 bits per heavy atom. The monoisotopic (exact) mass is 454 g/mol. The second-order valence-corrected chi connectivity index (χ2v) is 7.84. The summed E-state index contributed by atoms with van der Waals surface area (Å²) in [5.41, 5.74) is 2.31. The molecule has 0 aliphatic carbocycles. The van der Waals surface area contributed by atoms with Gasteiger partial charge in [-0.1, -0.05) is 29.8 Å². The number of ether oxygens (including phenoxy) is 2. The number of nitrogens with zero attached hydrogens (tertiary/aromatic N) is 1. The third-order valence-electron chi connectivity index (χ3n) is 4.35. The van der Waals surface area contributed by atoms with Crippen LogP contribution in [0.2, 0.25) is 0 Å². The van der Waals surface area contributed by atoms with Gasteiger partial charge in [-0.25, -0.2) is 4.79 Å². The molecule has 9 heteroatoms. The van der Waals surface area contributed by atoms with Crippen LogP contribution in [0, 0.1) is 6.92 Å². The van der Waals surface area contributed by atoms with Crippen LogP contribution in [0.25, 0.3) is 6.08 Å². The van der Waals surface area contributed by atoms with E-state index in [-0.39, 0.29) is 24.7 Å². The second-order valence-electron chi connectivity index (χ2n) is 6.84. The van der Waals surface area contributed by atoms with E-state index in [1.807, 2.05) is 19.1 Å². The zero-order valence-corrected chi connectivity index (χ0v) is 18.4. The zero-order chi connectivity index (χ0) is 23.1. The van der Waals surface area contributed by atoms with Crippen molar-refractivity contribution < 1.29 is 28.7 Å². The first-order valence-corrected chi connectivity index (χ1v) is 10.7. The number of imide groups is 1. The molecular weight excluding hydrogens is 432 g/mol. The maximum atomic E-state index is 12.6. The van der Waals surface area contributed by atoms with E-state index >= 15 is 0 Å². The summed E-state index contributed by atoms with van der Waals surface area (Å²) < 4.78 is 10.1. The molecule has 0 spiro atoms. The molecule has 3 amide bonds. The van der Waals surface area contributed by atoms with Gasteiger partial charge in [0.15, 0.2) is 6.61 Å². The number of carbonyl (C=O) groups is 4. The largest absolute Gasteiger partial charge is 0.482 e. The fraction of sp³-hybridized carbons (Fsp3) is 0.217. The molecule has 0 unspecified atom stereocenters. The average Bonchev–Trinajstić information content (AvgIpc) is 3.02. The summed E-state index contributed by atoms with van der Waals surface area (Å²) in [5.74, 6) is -0.977. The van der Waals surface area contributed by atoms with Crippen LogP contribution in [0.4, 0.5) is 10.5 Å². The molecule has 1 aliphatic rings. The van der Waals surface area contributed by atoms with E-state index < -0.39 is 23.0 Å². The second kappa shape index (κ2) is 10.6. The van der Waals surface area contributed by atoms with E-state index in [1.165, 1.54) is 0 Å². The van der Waals surface area contributed by atoms with Gasteiger partial charge in [-0.05, 0) is 61.5 Å². The van der Waals surface area contributed by atoms with Crippen molar-refractivity contribution in [1.82, 2.24) is 4.90 Å². The molecule has 0 radical (unpaired) electrons. The first kappa shape index (κ1) is 23.1. The van der Waals surface area contributed by atoms with Crippen molar-refractivity contribution in [3.05, 3.63) is 64.6 Å². The van der Waals surface area contributed by atoms with Crippen LogP contribution >= 0.6 is 11.8 Å². The molecule has 32 heavy (non-hydrogen) atoms. The predicted octanol–water partition coefficient (Wildman–Crippen LogP) is 3.61. The van der Waals surface area contributed by atoms with Gasteiger partial charge in [-0.2, -0.15) is 0 Å². The zero-order valence-electron chi connectivity index (χ0n) is 17.6. The normalized spacial score (nSPS) is 14.6. The van der Waals surface area contributed by atoms with Gasteiger partial charge in [0.25, 0.3) is 11.1 Å².